The Morgan fingerprint density at radius 1 is 1.31 bits per heavy atom. The van der Waals surface area contributed by atoms with Gasteiger partial charge in [-0.25, -0.2) is 0 Å². The predicted octanol–water partition coefficient (Wildman–Crippen LogP) is 3.24. The molecule has 0 heterocycles. The highest BCUT2D eigenvalue weighted by molar-refractivity contribution is 7.39. The summed E-state index contributed by atoms with van der Waals surface area (Å²) in [6.45, 7) is 8.40. The predicted molar refractivity (Wildman–Crippen MR) is 61.5 cm³/mol. The number of rotatable bonds is 6. The van der Waals surface area contributed by atoms with Crippen molar-refractivity contribution in [2.24, 2.45) is 0 Å². The molecule has 0 radical (unpaired) electrons. The molecule has 0 saturated carbocycles. The summed E-state index contributed by atoms with van der Waals surface area (Å²) in [5.41, 5.74) is 0.499. The number of ether oxygens (including phenoxy) is 1. The van der Waals surface area contributed by atoms with Crippen LogP contribution in [0.15, 0.2) is 0 Å². The van der Waals surface area contributed by atoms with Gasteiger partial charge in [0, 0.05) is 5.66 Å². The van der Waals surface area contributed by atoms with Crippen molar-refractivity contribution in [3.8, 4) is 11.8 Å². The van der Waals surface area contributed by atoms with E-state index >= 15 is 0 Å². The summed E-state index contributed by atoms with van der Waals surface area (Å²) in [4.78, 5) is 0. The van der Waals surface area contributed by atoms with E-state index in [-0.39, 0.29) is 0 Å². The van der Waals surface area contributed by atoms with Gasteiger partial charge < -0.3 is 4.74 Å². The lowest BCUT2D eigenvalue weighted by Gasteiger charge is -2.14. The molecule has 76 valence electrons. The molecule has 2 atom stereocenters. The van der Waals surface area contributed by atoms with E-state index in [2.05, 4.69) is 32.6 Å². The summed E-state index contributed by atoms with van der Waals surface area (Å²) >= 11 is 0. The van der Waals surface area contributed by atoms with Crippen molar-refractivity contribution in [1.29, 1.82) is 0 Å². The van der Waals surface area contributed by atoms with Crippen LogP contribution in [0.1, 0.15) is 40.5 Å². The van der Waals surface area contributed by atoms with E-state index in [4.69, 9.17) is 4.74 Å². The zero-order chi connectivity index (χ0) is 10.1. The number of hydrogen-bond acceptors (Lipinski definition) is 1. The van der Waals surface area contributed by atoms with E-state index < -0.39 is 0 Å². The van der Waals surface area contributed by atoms with Crippen LogP contribution in [-0.2, 0) is 4.74 Å². The first-order chi connectivity index (χ1) is 6.24. The molecule has 0 aromatic rings. The van der Waals surface area contributed by atoms with E-state index in [1.165, 1.54) is 0 Å². The smallest absolute Gasteiger partial charge is 0.0646 e. The molecule has 0 aliphatic heterocycles. The van der Waals surface area contributed by atoms with Crippen LogP contribution in [0.4, 0.5) is 0 Å². The zero-order valence-corrected chi connectivity index (χ0v) is 10.2. The Bertz CT molecular complexity index is 165. The zero-order valence-electron chi connectivity index (χ0n) is 9.18. The van der Waals surface area contributed by atoms with Crippen LogP contribution >= 0.6 is 8.58 Å². The third-order valence-electron chi connectivity index (χ3n) is 1.98. The molecule has 0 rings (SSSR count). The number of hydrogen-bond donors (Lipinski definition) is 0. The van der Waals surface area contributed by atoms with Crippen molar-refractivity contribution in [2.75, 3.05) is 6.35 Å². The van der Waals surface area contributed by atoms with Gasteiger partial charge in [-0.1, -0.05) is 28.3 Å². The fraction of sp³-hybridized carbons (Fsp3) is 0.818. The monoisotopic (exact) mass is 200 g/mol. The lowest BCUT2D eigenvalue weighted by molar-refractivity contribution is 0.0828. The van der Waals surface area contributed by atoms with Gasteiger partial charge in [-0.3, -0.25) is 0 Å². The maximum atomic E-state index is 5.70. The first-order valence-corrected chi connectivity index (χ1v) is 6.30. The van der Waals surface area contributed by atoms with Crippen LogP contribution in [0.5, 0.6) is 0 Å². The quantitative estimate of drug-likeness (QED) is 0.472. The maximum Gasteiger partial charge on any atom is 0.0646 e. The maximum absolute atomic E-state index is 5.70. The van der Waals surface area contributed by atoms with Gasteiger partial charge >= 0.3 is 0 Å². The molecule has 0 amide bonds. The summed E-state index contributed by atoms with van der Waals surface area (Å²) in [6.07, 6.45) is 3.57. The molecule has 0 bridgehead atoms. The van der Waals surface area contributed by atoms with E-state index in [9.17, 15) is 0 Å². The van der Waals surface area contributed by atoms with Crippen LogP contribution in [0.3, 0.4) is 0 Å². The molecule has 13 heavy (non-hydrogen) atoms. The third kappa shape index (κ3) is 7.05. The molecule has 1 nitrogen and oxygen atoms in total. The van der Waals surface area contributed by atoms with Crippen LogP contribution in [0, 0.1) is 11.8 Å². The largest absolute Gasteiger partial charge is 0.374 e. The fourth-order valence-corrected chi connectivity index (χ4v) is 1.91. The molecule has 0 aromatic carbocycles. The molecule has 0 fully saturated rings. The summed E-state index contributed by atoms with van der Waals surface area (Å²) < 4.78 is 5.70. The van der Waals surface area contributed by atoms with Gasteiger partial charge in [-0.15, -0.1) is 5.92 Å². The normalized spacial score (nSPS) is 13.3. The Kier molecular flexibility index (Phi) is 8.51. The van der Waals surface area contributed by atoms with Gasteiger partial charge in [0.05, 0.1) is 12.5 Å². The summed E-state index contributed by atoms with van der Waals surface area (Å²) in [5.74, 6) is 6.07. The Labute approximate surface area is 84.4 Å². The molecule has 0 aromatic heterocycles. The molecular weight excluding hydrogens is 179 g/mol. The molecular formula is C11H21OP. The van der Waals surface area contributed by atoms with E-state index in [1.807, 2.05) is 6.92 Å². The van der Waals surface area contributed by atoms with Crippen molar-refractivity contribution < 1.29 is 4.74 Å². The van der Waals surface area contributed by atoms with Gasteiger partial charge in [0.25, 0.3) is 0 Å². The van der Waals surface area contributed by atoms with Crippen LogP contribution in [-0.4, -0.2) is 18.1 Å². The van der Waals surface area contributed by atoms with Crippen molar-refractivity contribution in [3.63, 3.8) is 0 Å². The Morgan fingerprint density at radius 2 is 1.92 bits per heavy atom. The first-order valence-electron chi connectivity index (χ1n) is 5.01. The lowest BCUT2D eigenvalue weighted by Crippen LogP contribution is -2.09. The van der Waals surface area contributed by atoms with Gasteiger partial charge in [0.2, 0.25) is 0 Å². The molecule has 0 aliphatic rings. The van der Waals surface area contributed by atoms with Crippen LogP contribution in [0.2, 0.25) is 0 Å². The Hall–Kier alpha value is -0.0500. The first kappa shape index (κ1) is 12.9. The Balaban J connectivity index is 3.46. The second-order valence-corrected chi connectivity index (χ2v) is 4.63. The standard InChI is InChI=1S/C11H21OP/c1-5-8-10(4)13-9-12-11(6-2)7-3/h10-11,13H,6-7,9H2,1-4H3. The average Bonchev–Trinajstić information content (AvgIpc) is 2.13. The van der Waals surface area contributed by atoms with Crippen molar-refractivity contribution in [3.05, 3.63) is 0 Å². The molecule has 2 heteroatoms. The van der Waals surface area contributed by atoms with Gasteiger partial charge in [0.1, 0.15) is 0 Å². The summed E-state index contributed by atoms with van der Waals surface area (Å²) in [7, 11) is 0.816. The van der Waals surface area contributed by atoms with Crippen molar-refractivity contribution >= 4 is 8.58 Å². The van der Waals surface area contributed by atoms with Crippen LogP contribution in [0.25, 0.3) is 0 Å². The highest BCUT2D eigenvalue weighted by atomic mass is 31.1. The van der Waals surface area contributed by atoms with Crippen molar-refractivity contribution in [2.45, 2.75) is 52.3 Å². The minimum Gasteiger partial charge on any atom is -0.374 e. The summed E-state index contributed by atoms with van der Waals surface area (Å²) in [6, 6.07) is 0. The Morgan fingerprint density at radius 3 is 2.38 bits per heavy atom. The highest BCUT2D eigenvalue weighted by Gasteiger charge is 2.03. The second-order valence-electron chi connectivity index (χ2n) is 3.07. The minimum absolute atomic E-state index is 0.453. The van der Waals surface area contributed by atoms with E-state index in [0.29, 0.717) is 11.8 Å². The lowest BCUT2D eigenvalue weighted by atomic mass is 10.2. The average molecular weight is 200 g/mol. The van der Waals surface area contributed by atoms with Gasteiger partial charge in [-0.05, 0) is 26.7 Å². The molecule has 0 spiro atoms. The molecule has 0 N–H and O–H groups in total. The molecule has 0 aliphatic carbocycles. The van der Waals surface area contributed by atoms with Gasteiger partial charge in [0.15, 0.2) is 0 Å². The molecule has 0 saturated heterocycles. The topological polar surface area (TPSA) is 9.23 Å². The van der Waals surface area contributed by atoms with Crippen molar-refractivity contribution in [1.82, 2.24) is 0 Å². The van der Waals surface area contributed by atoms with Crippen LogP contribution < -0.4 is 0 Å². The second kappa shape index (κ2) is 8.54. The molecule has 2 unspecified atom stereocenters. The van der Waals surface area contributed by atoms with Gasteiger partial charge in [-0.2, -0.15) is 0 Å². The highest BCUT2D eigenvalue weighted by Crippen LogP contribution is 2.19. The van der Waals surface area contributed by atoms with E-state index in [1.54, 1.807) is 0 Å². The van der Waals surface area contributed by atoms with E-state index in [0.717, 1.165) is 27.8 Å². The fourth-order valence-electron chi connectivity index (χ4n) is 1.08. The summed E-state index contributed by atoms with van der Waals surface area (Å²) in [5, 5.41) is 0. The SMILES string of the molecule is CC#CC(C)PCOC(CC)CC. The third-order valence-corrected chi connectivity index (χ3v) is 3.07. The minimum atomic E-state index is 0.453.